The van der Waals surface area contributed by atoms with Crippen molar-refractivity contribution in [3.63, 3.8) is 0 Å². The molecule has 0 aromatic heterocycles. The molecular weight excluding hydrogens is 267 g/mol. The molecule has 2 nitrogen and oxygen atoms in total. The van der Waals surface area contributed by atoms with Gasteiger partial charge in [0.25, 0.3) is 0 Å². The van der Waals surface area contributed by atoms with E-state index in [4.69, 9.17) is 4.74 Å². The maximum absolute atomic E-state index is 13.9. The van der Waals surface area contributed by atoms with Crippen LogP contribution in [-0.2, 0) is 6.54 Å². The van der Waals surface area contributed by atoms with E-state index >= 15 is 0 Å². The van der Waals surface area contributed by atoms with E-state index in [9.17, 15) is 13.2 Å². The van der Waals surface area contributed by atoms with Crippen LogP contribution < -0.4 is 10.1 Å². The zero-order valence-electron chi connectivity index (χ0n) is 11.1. The van der Waals surface area contributed by atoms with E-state index in [0.717, 1.165) is 0 Å². The Labute approximate surface area is 115 Å². The maximum atomic E-state index is 13.9. The predicted molar refractivity (Wildman–Crippen MR) is 71.1 cm³/mol. The highest BCUT2D eigenvalue weighted by Gasteiger charge is 2.17. The van der Waals surface area contributed by atoms with E-state index in [1.54, 1.807) is 25.2 Å². The van der Waals surface area contributed by atoms with Gasteiger partial charge in [0, 0.05) is 18.7 Å². The molecule has 0 radical (unpaired) electrons. The van der Waals surface area contributed by atoms with Gasteiger partial charge in [-0.3, -0.25) is 0 Å². The molecule has 0 spiro atoms. The zero-order chi connectivity index (χ0) is 14.7. The fraction of sp³-hybridized carbons (Fsp3) is 0.200. The highest BCUT2D eigenvalue weighted by molar-refractivity contribution is 5.69. The number of hydrogen-bond donors (Lipinski definition) is 1. The second-order valence-electron chi connectivity index (χ2n) is 4.30. The Kier molecular flexibility index (Phi) is 4.29. The first-order chi connectivity index (χ1) is 9.56. The molecule has 0 aliphatic heterocycles. The summed E-state index contributed by atoms with van der Waals surface area (Å²) in [5, 5.41) is 2.92. The SMILES string of the molecule is CNCc1cc(OC)ccc1-c1c(F)cc(F)cc1F. The summed E-state index contributed by atoms with van der Waals surface area (Å²) in [7, 11) is 3.23. The average Bonchev–Trinajstić information content (AvgIpc) is 2.39. The van der Waals surface area contributed by atoms with E-state index in [1.165, 1.54) is 7.11 Å². The summed E-state index contributed by atoms with van der Waals surface area (Å²) in [4.78, 5) is 0. The fourth-order valence-corrected chi connectivity index (χ4v) is 2.08. The van der Waals surface area contributed by atoms with Crippen LogP contribution in [0.5, 0.6) is 5.75 Å². The van der Waals surface area contributed by atoms with Gasteiger partial charge in [-0.2, -0.15) is 0 Å². The smallest absolute Gasteiger partial charge is 0.136 e. The van der Waals surface area contributed by atoms with Crippen molar-refractivity contribution in [2.45, 2.75) is 6.54 Å². The third kappa shape index (κ3) is 2.77. The van der Waals surface area contributed by atoms with Crippen molar-refractivity contribution in [2.24, 2.45) is 0 Å². The van der Waals surface area contributed by atoms with E-state index in [-0.39, 0.29) is 5.56 Å². The lowest BCUT2D eigenvalue weighted by Crippen LogP contribution is -2.07. The molecule has 0 heterocycles. The van der Waals surface area contributed by atoms with Crippen LogP contribution >= 0.6 is 0 Å². The summed E-state index contributed by atoms with van der Waals surface area (Å²) < 4.78 is 45.8. The lowest BCUT2D eigenvalue weighted by molar-refractivity contribution is 0.414. The number of benzene rings is 2. The molecule has 106 valence electrons. The van der Waals surface area contributed by atoms with Gasteiger partial charge in [0.15, 0.2) is 0 Å². The maximum Gasteiger partial charge on any atom is 0.136 e. The van der Waals surface area contributed by atoms with Crippen molar-refractivity contribution in [2.75, 3.05) is 14.2 Å². The summed E-state index contributed by atoms with van der Waals surface area (Å²) in [6.07, 6.45) is 0. The second kappa shape index (κ2) is 5.96. The Morgan fingerprint density at radius 2 is 1.70 bits per heavy atom. The molecule has 2 aromatic rings. The predicted octanol–water partition coefficient (Wildman–Crippen LogP) is 3.50. The van der Waals surface area contributed by atoms with Crippen LogP contribution in [0.4, 0.5) is 13.2 Å². The fourth-order valence-electron chi connectivity index (χ4n) is 2.08. The summed E-state index contributed by atoms with van der Waals surface area (Å²) >= 11 is 0. The molecule has 0 amide bonds. The minimum atomic E-state index is -0.938. The molecule has 0 atom stereocenters. The van der Waals surface area contributed by atoms with Gasteiger partial charge in [0.1, 0.15) is 23.2 Å². The molecule has 2 aromatic carbocycles. The first-order valence-electron chi connectivity index (χ1n) is 6.03. The quantitative estimate of drug-likeness (QED) is 0.926. The van der Waals surface area contributed by atoms with Gasteiger partial charge in [-0.05, 0) is 30.3 Å². The van der Waals surface area contributed by atoms with Gasteiger partial charge < -0.3 is 10.1 Å². The molecule has 0 bridgehead atoms. The zero-order valence-corrected chi connectivity index (χ0v) is 11.1. The number of halogens is 3. The minimum absolute atomic E-state index is 0.237. The number of ether oxygens (including phenoxy) is 1. The monoisotopic (exact) mass is 281 g/mol. The summed E-state index contributed by atoms with van der Waals surface area (Å²) in [6.45, 7) is 0.406. The topological polar surface area (TPSA) is 21.3 Å². The second-order valence-corrected chi connectivity index (χ2v) is 4.30. The van der Waals surface area contributed by atoms with E-state index in [2.05, 4.69) is 5.32 Å². The lowest BCUT2D eigenvalue weighted by Gasteiger charge is -2.13. The van der Waals surface area contributed by atoms with Crippen LogP contribution in [0.3, 0.4) is 0 Å². The number of nitrogens with one attached hydrogen (secondary N) is 1. The van der Waals surface area contributed by atoms with Crippen molar-refractivity contribution in [1.29, 1.82) is 0 Å². The lowest BCUT2D eigenvalue weighted by atomic mass is 9.98. The molecule has 0 aliphatic carbocycles. The van der Waals surface area contributed by atoms with E-state index < -0.39 is 17.5 Å². The molecule has 0 fully saturated rings. The number of hydrogen-bond acceptors (Lipinski definition) is 2. The van der Waals surface area contributed by atoms with Crippen LogP contribution in [0.1, 0.15) is 5.56 Å². The first-order valence-corrected chi connectivity index (χ1v) is 6.03. The summed E-state index contributed by atoms with van der Waals surface area (Å²) in [5.74, 6) is -2.20. The van der Waals surface area contributed by atoms with Crippen LogP contribution in [-0.4, -0.2) is 14.2 Å². The van der Waals surface area contributed by atoms with Gasteiger partial charge in [0.2, 0.25) is 0 Å². The normalized spacial score (nSPS) is 10.7. The minimum Gasteiger partial charge on any atom is -0.497 e. The van der Waals surface area contributed by atoms with Gasteiger partial charge in [-0.15, -0.1) is 0 Å². The molecule has 0 aliphatic rings. The molecular formula is C15H14F3NO. The van der Waals surface area contributed by atoms with Crippen molar-refractivity contribution in [3.8, 4) is 16.9 Å². The van der Waals surface area contributed by atoms with Crippen molar-refractivity contribution in [1.82, 2.24) is 5.32 Å². The van der Waals surface area contributed by atoms with E-state index in [0.29, 0.717) is 35.6 Å². The third-order valence-electron chi connectivity index (χ3n) is 2.96. The number of methoxy groups -OCH3 is 1. The number of rotatable bonds is 4. The first kappa shape index (κ1) is 14.4. The average molecular weight is 281 g/mol. The summed E-state index contributed by atoms with van der Waals surface area (Å²) in [6, 6.07) is 6.20. The van der Waals surface area contributed by atoms with Crippen molar-refractivity contribution in [3.05, 3.63) is 53.3 Å². The highest BCUT2D eigenvalue weighted by Crippen LogP contribution is 2.32. The largest absolute Gasteiger partial charge is 0.497 e. The molecule has 1 N–H and O–H groups in total. The van der Waals surface area contributed by atoms with Crippen LogP contribution in [0.25, 0.3) is 11.1 Å². The Morgan fingerprint density at radius 3 is 2.25 bits per heavy atom. The molecule has 20 heavy (non-hydrogen) atoms. The van der Waals surface area contributed by atoms with Crippen LogP contribution in [0.2, 0.25) is 0 Å². The van der Waals surface area contributed by atoms with Crippen LogP contribution in [0, 0.1) is 17.5 Å². The Hall–Kier alpha value is -2.01. The Morgan fingerprint density at radius 1 is 1.05 bits per heavy atom. The molecule has 0 saturated carbocycles. The highest BCUT2D eigenvalue weighted by atomic mass is 19.1. The molecule has 2 rings (SSSR count). The third-order valence-corrected chi connectivity index (χ3v) is 2.96. The Bertz CT molecular complexity index is 606. The van der Waals surface area contributed by atoms with Gasteiger partial charge >= 0.3 is 0 Å². The molecule has 0 unspecified atom stereocenters. The van der Waals surface area contributed by atoms with E-state index in [1.807, 2.05) is 0 Å². The summed E-state index contributed by atoms with van der Waals surface area (Å²) in [5.41, 5.74) is 0.797. The Balaban J connectivity index is 2.63. The van der Waals surface area contributed by atoms with Crippen molar-refractivity contribution < 1.29 is 17.9 Å². The molecule has 0 saturated heterocycles. The van der Waals surface area contributed by atoms with Gasteiger partial charge in [-0.25, -0.2) is 13.2 Å². The molecule has 5 heteroatoms. The van der Waals surface area contributed by atoms with Crippen LogP contribution in [0.15, 0.2) is 30.3 Å². The van der Waals surface area contributed by atoms with Gasteiger partial charge in [0.05, 0.1) is 12.7 Å². The standard InChI is InChI=1S/C15H14F3NO/c1-19-8-9-5-11(20-2)3-4-12(9)15-13(17)6-10(16)7-14(15)18/h3-7,19H,8H2,1-2H3. The van der Waals surface area contributed by atoms with Gasteiger partial charge in [-0.1, -0.05) is 6.07 Å². The van der Waals surface area contributed by atoms with Crippen molar-refractivity contribution >= 4 is 0 Å².